The summed E-state index contributed by atoms with van der Waals surface area (Å²) >= 11 is 4.79. The minimum absolute atomic E-state index is 0.0326. The number of ketones is 1. The lowest BCUT2D eigenvalue weighted by molar-refractivity contribution is -0.130. The minimum atomic E-state index is 0.0326. The van der Waals surface area contributed by atoms with Crippen LogP contribution in [0.4, 0.5) is 0 Å². The summed E-state index contributed by atoms with van der Waals surface area (Å²) < 4.78 is 0.830. The third kappa shape index (κ3) is 3.66. The number of halogens is 1. The normalized spacial score (nSPS) is 20.4. The van der Waals surface area contributed by atoms with Gasteiger partial charge in [0.25, 0.3) is 0 Å². The maximum absolute atomic E-state index is 12.2. The molecule has 2 heterocycles. The number of hydrogen-bond donors (Lipinski definition) is 0. The van der Waals surface area contributed by atoms with Crippen molar-refractivity contribution >= 4 is 39.0 Å². The molecule has 3 nitrogen and oxygen atoms in total. The summed E-state index contributed by atoms with van der Waals surface area (Å²) in [7, 11) is 0. The van der Waals surface area contributed by atoms with Gasteiger partial charge >= 0.3 is 0 Å². The molecule has 0 radical (unpaired) electrons. The third-order valence-corrected chi connectivity index (χ3v) is 5.59. The molecular formula is C14H18BrNO2S. The van der Waals surface area contributed by atoms with E-state index < -0.39 is 0 Å². The first-order valence-electron chi connectivity index (χ1n) is 6.65. The van der Waals surface area contributed by atoms with Gasteiger partial charge in [0, 0.05) is 17.4 Å². The predicted octanol–water partition coefficient (Wildman–Crippen LogP) is 3.73. The first-order valence-corrected chi connectivity index (χ1v) is 8.33. The van der Waals surface area contributed by atoms with E-state index in [0.29, 0.717) is 23.8 Å². The van der Waals surface area contributed by atoms with Crippen LogP contribution in [0.15, 0.2) is 15.9 Å². The highest BCUT2D eigenvalue weighted by Gasteiger charge is 2.24. The number of Topliss-reactive ketones (excluding diaryl/α,β-unsaturated/α-hetero) is 1. The number of thiophene rings is 1. The second-order valence-corrected chi connectivity index (χ2v) is 6.71. The van der Waals surface area contributed by atoms with Crippen LogP contribution in [0, 0.1) is 5.92 Å². The molecule has 1 aromatic rings. The maximum Gasteiger partial charge on any atom is 0.222 e. The van der Waals surface area contributed by atoms with Gasteiger partial charge in [-0.2, -0.15) is 0 Å². The van der Waals surface area contributed by atoms with E-state index >= 15 is 0 Å². The molecule has 0 N–H and O–H groups in total. The van der Waals surface area contributed by atoms with Crippen LogP contribution in [0.5, 0.6) is 0 Å². The Hall–Kier alpha value is -0.680. The predicted molar refractivity (Wildman–Crippen MR) is 80.6 cm³/mol. The Morgan fingerprint density at radius 1 is 1.53 bits per heavy atom. The molecule has 0 aromatic carbocycles. The Balaban J connectivity index is 2.00. The molecule has 5 heteroatoms. The Bertz CT molecular complexity index is 472. The quantitative estimate of drug-likeness (QED) is 0.781. The molecule has 1 unspecified atom stereocenters. The molecule has 1 saturated heterocycles. The van der Waals surface area contributed by atoms with E-state index in [4.69, 9.17) is 0 Å². The monoisotopic (exact) mass is 343 g/mol. The lowest BCUT2D eigenvalue weighted by Crippen LogP contribution is -2.35. The van der Waals surface area contributed by atoms with Crippen molar-refractivity contribution in [1.82, 2.24) is 4.90 Å². The summed E-state index contributed by atoms with van der Waals surface area (Å²) in [5.74, 6) is 0.777. The van der Waals surface area contributed by atoms with Crippen molar-refractivity contribution in [2.75, 3.05) is 13.1 Å². The summed E-state index contributed by atoms with van der Waals surface area (Å²) in [6.07, 6.45) is 3.67. The number of likely N-dealkylation sites (tertiary alicyclic amines) is 1. The van der Waals surface area contributed by atoms with Gasteiger partial charge in [-0.25, -0.2) is 0 Å². The van der Waals surface area contributed by atoms with Gasteiger partial charge in [-0.3, -0.25) is 9.59 Å². The van der Waals surface area contributed by atoms with Gasteiger partial charge in [-0.1, -0.05) is 13.3 Å². The summed E-state index contributed by atoms with van der Waals surface area (Å²) in [5, 5.41) is 1.88. The fourth-order valence-corrected chi connectivity index (χ4v) is 3.93. The van der Waals surface area contributed by atoms with Crippen LogP contribution in [-0.4, -0.2) is 29.7 Å². The minimum Gasteiger partial charge on any atom is -0.335 e. The highest BCUT2D eigenvalue weighted by Crippen LogP contribution is 2.25. The zero-order valence-electron chi connectivity index (χ0n) is 11.0. The Morgan fingerprint density at radius 2 is 2.32 bits per heavy atom. The largest absolute Gasteiger partial charge is 0.335 e. The molecule has 0 bridgehead atoms. The molecule has 1 atom stereocenters. The Labute approximate surface area is 126 Å². The number of carbonyl (C=O) groups is 2. The molecule has 2 rings (SSSR count). The topological polar surface area (TPSA) is 37.4 Å². The van der Waals surface area contributed by atoms with E-state index in [0.717, 1.165) is 23.7 Å². The van der Waals surface area contributed by atoms with Gasteiger partial charge in [-0.15, -0.1) is 11.3 Å². The van der Waals surface area contributed by atoms with Crippen LogP contribution in [0.25, 0.3) is 0 Å². The van der Waals surface area contributed by atoms with E-state index in [9.17, 15) is 9.59 Å². The summed E-state index contributed by atoms with van der Waals surface area (Å²) in [6, 6.07) is 1.87. The van der Waals surface area contributed by atoms with Crippen molar-refractivity contribution in [3.05, 3.63) is 20.8 Å². The van der Waals surface area contributed by atoms with Crippen molar-refractivity contribution in [3.63, 3.8) is 0 Å². The van der Waals surface area contributed by atoms with Crippen molar-refractivity contribution in [2.45, 2.75) is 32.6 Å². The summed E-state index contributed by atoms with van der Waals surface area (Å²) in [6.45, 7) is 3.10. The Morgan fingerprint density at radius 3 is 2.95 bits per heavy atom. The lowest BCUT2D eigenvalue weighted by Gasteiger charge is -2.19. The zero-order chi connectivity index (χ0) is 13.8. The van der Waals surface area contributed by atoms with Crippen molar-refractivity contribution in [3.8, 4) is 0 Å². The summed E-state index contributed by atoms with van der Waals surface area (Å²) in [4.78, 5) is 26.7. The standard InChI is InChI=1S/C14H18BrNO2S/c1-2-10-3-4-13(18)16(7-5-10)9-12(17)14-11(15)6-8-19-14/h6,8,10H,2-5,7,9H2,1H3. The van der Waals surface area contributed by atoms with Crippen LogP contribution < -0.4 is 0 Å². The van der Waals surface area contributed by atoms with E-state index in [1.165, 1.54) is 11.3 Å². The van der Waals surface area contributed by atoms with E-state index in [2.05, 4.69) is 22.9 Å². The van der Waals surface area contributed by atoms with Crippen LogP contribution in [0.1, 0.15) is 42.3 Å². The van der Waals surface area contributed by atoms with Crippen LogP contribution >= 0.6 is 27.3 Å². The number of hydrogen-bond acceptors (Lipinski definition) is 3. The van der Waals surface area contributed by atoms with Crippen LogP contribution in [0.3, 0.4) is 0 Å². The zero-order valence-corrected chi connectivity index (χ0v) is 13.4. The number of carbonyl (C=O) groups excluding carboxylic acids is 2. The molecule has 1 amide bonds. The molecule has 1 fully saturated rings. The van der Waals surface area contributed by atoms with Crippen molar-refractivity contribution in [1.29, 1.82) is 0 Å². The molecule has 104 valence electrons. The highest BCUT2D eigenvalue weighted by molar-refractivity contribution is 9.10. The molecule has 1 aliphatic rings. The molecule has 0 spiro atoms. The molecule has 1 aliphatic heterocycles. The molecule has 0 saturated carbocycles. The smallest absolute Gasteiger partial charge is 0.222 e. The van der Waals surface area contributed by atoms with Crippen LogP contribution in [0.2, 0.25) is 0 Å². The van der Waals surface area contributed by atoms with Gasteiger partial charge < -0.3 is 4.90 Å². The van der Waals surface area contributed by atoms with Gasteiger partial charge in [0.1, 0.15) is 0 Å². The van der Waals surface area contributed by atoms with Gasteiger partial charge in [0.2, 0.25) is 5.91 Å². The number of amides is 1. The third-order valence-electron chi connectivity index (χ3n) is 3.71. The lowest BCUT2D eigenvalue weighted by atomic mass is 9.98. The number of rotatable bonds is 4. The second kappa shape index (κ2) is 6.66. The fourth-order valence-electron chi connectivity index (χ4n) is 2.41. The van der Waals surface area contributed by atoms with Crippen molar-refractivity contribution in [2.24, 2.45) is 5.92 Å². The average molecular weight is 344 g/mol. The second-order valence-electron chi connectivity index (χ2n) is 4.94. The number of nitrogens with zero attached hydrogens (tertiary/aromatic N) is 1. The molecule has 1 aromatic heterocycles. The summed E-state index contributed by atoms with van der Waals surface area (Å²) in [5.41, 5.74) is 0. The van der Waals surface area contributed by atoms with E-state index in [-0.39, 0.29) is 18.2 Å². The maximum atomic E-state index is 12.2. The molecular weight excluding hydrogens is 326 g/mol. The SMILES string of the molecule is CCC1CCC(=O)N(CC(=O)c2sccc2Br)CC1. The van der Waals surface area contributed by atoms with Gasteiger partial charge in [0.05, 0.1) is 11.4 Å². The van der Waals surface area contributed by atoms with Crippen LogP contribution in [-0.2, 0) is 4.79 Å². The first-order chi connectivity index (χ1) is 9.11. The van der Waals surface area contributed by atoms with Crippen molar-refractivity contribution < 1.29 is 9.59 Å². The fraction of sp³-hybridized carbons (Fsp3) is 0.571. The van der Waals surface area contributed by atoms with E-state index in [1.54, 1.807) is 4.90 Å². The average Bonchev–Trinajstić information content (AvgIpc) is 2.75. The van der Waals surface area contributed by atoms with Gasteiger partial charge in [-0.05, 0) is 46.1 Å². The Kier molecular flexibility index (Phi) is 5.16. The van der Waals surface area contributed by atoms with E-state index in [1.807, 2.05) is 11.4 Å². The van der Waals surface area contributed by atoms with Gasteiger partial charge in [0.15, 0.2) is 5.78 Å². The molecule has 19 heavy (non-hydrogen) atoms. The molecule has 0 aliphatic carbocycles. The first kappa shape index (κ1) is 14.7. The highest BCUT2D eigenvalue weighted by atomic mass is 79.9.